The molecule has 0 spiro atoms. The average molecular weight is 387 g/mol. The number of thioether (sulfide) groups is 1. The van der Waals surface area contributed by atoms with E-state index in [1.165, 1.54) is 30.0 Å². The average Bonchev–Trinajstić information content (AvgIpc) is 2.82. The number of carbonyl (C=O) groups excluding carboxylic acids is 2. The van der Waals surface area contributed by atoms with Crippen LogP contribution in [0.5, 0.6) is 0 Å². The third-order valence-corrected chi connectivity index (χ3v) is 6.38. The molecule has 0 aliphatic carbocycles. The van der Waals surface area contributed by atoms with E-state index >= 15 is 0 Å². The van der Waals surface area contributed by atoms with Crippen LogP contribution in [0, 0.1) is 11.3 Å². The van der Waals surface area contributed by atoms with Crippen LogP contribution >= 0.6 is 11.8 Å². The fourth-order valence-electron chi connectivity index (χ4n) is 2.51. The Bertz CT molecular complexity index is 1030. The SMILES string of the molecule is N#CCSc1ccccc1NC(=O)CN1C(=O)c2ccccc2S1(=O)=O. The summed E-state index contributed by atoms with van der Waals surface area (Å²) in [6, 6.07) is 14.7. The number of hydrogen-bond donors (Lipinski definition) is 1. The number of carbonyl (C=O) groups is 2. The number of fused-ring (bicyclic) bond motifs is 1. The van der Waals surface area contributed by atoms with Gasteiger partial charge in [0.05, 0.1) is 23.1 Å². The van der Waals surface area contributed by atoms with Crippen LogP contribution in [-0.4, -0.2) is 36.8 Å². The van der Waals surface area contributed by atoms with Gasteiger partial charge in [0.15, 0.2) is 0 Å². The lowest BCUT2D eigenvalue weighted by atomic mass is 10.2. The van der Waals surface area contributed by atoms with E-state index in [0.29, 0.717) is 14.9 Å². The number of rotatable bonds is 5. The van der Waals surface area contributed by atoms with Crippen molar-refractivity contribution in [3.8, 4) is 6.07 Å². The number of benzene rings is 2. The number of anilines is 1. The summed E-state index contributed by atoms with van der Waals surface area (Å²) in [5.74, 6) is -1.15. The highest BCUT2D eigenvalue weighted by molar-refractivity contribution is 7.99. The van der Waals surface area contributed by atoms with Gasteiger partial charge in [-0.05, 0) is 24.3 Å². The molecule has 0 unspecified atom stereocenters. The van der Waals surface area contributed by atoms with Crippen molar-refractivity contribution in [1.29, 1.82) is 5.26 Å². The largest absolute Gasteiger partial charge is 0.323 e. The maximum absolute atomic E-state index is 12.5. The summed E-state index contributed by atoms with van der Waals surface area (Å²) in [6.45, 7) is -0.618. The van der Waals surface area contributed by atoms with Gasteiger partial charge in [0, 0.05) is 4.90 Å². The van der Waals surface area contributed by atoms with Crippen LogP contribution in [-0.2, 0) is 14.8 Å². The zero-order chi connectivity index (χ0) is 18.7. The minimum absolute atomic E-state index is 0.0604. The molecule has 9 heteroatoms. The fraction of sp³-hybridized carbons (Fsp3) is 0.118. The lowest BCUT2D eigenvalue weighted by Crippen LogP contribution is -2.37. The van der Waals surface area contributed by atoms with Crippen LogP contribution in [0.2, 0.25) is 0 Å². The molecule has 0 aromatic heterocycles. The maximum Gasteiger partial charge on any atom is 0.269 e. The predicted octanol–water partition coefficient (Wildman–Crippen LogP) is 2.09. The number of nitriles is 1. The molecule has 0 bridgehead atoms. The number of sulfonamides is 1. The number of nitrogens with zero attached hydrogens (tertiary/aromatic N) is 2. The number of amides is 2. The zero-order valence-electron chi connectivity index (χ0n) is 13.4. The van der Waals surface area contributed by atoms with Crippen LogP contribution in [0.4, 0.5) is 5.69 Å². The van der Waals surface area contributed by atoms with Gasteiger partial charge in [-0.15, -0.1) is 11.8 Å². The van der Waals surface area contributed by atoms with Gasteiger partial charge in [-0.3, -0.25) is 9.59 Å². The van der Waals surface area contributed by atoms with E-state index < -0.39 is 28.4 Å². The molecule has 26 heavy (non-hydrogen) atoms. The molecule has 2 aromatic carbocycles. The van der Waals surface area contributed by atoms with Gasteiger partial charge in [0.2, 0.25) is 5.91 Å². The highest BCUT2D eigenvalue weighted by Gasteiger charge is 2.41. The second-order valence-electron chi connectivity index (χ2n) is 5.30. The highest BCUT2D eigenvalue weighted by atomic mass is 32.2. The van der Waals surface area contributed by atoms with E-state index in [9.17, 15) is 18.0 Å². The Morgan fingerprint density at radius 3 is 2.58 bits per heavy atom. The minimum Gasteiger partial charge on any atom is -0.323 e. The third kappa shape index (κ3) is 3.29. The van der Waals surface area contributed by atoms with Crippen molar-refractivity contribution < 1.29 is 18.0 Å². The summed E-state index contributed by atoms with van der Waals surface area (Å²) >= 11 is 1.25. The van der Waals surface area contributed by atoms with E-state index in [1.807, 2.05) is 6.07 Å². The van der Waals surface area contributed by atoms with Crippen LogP contribution in [0.3, 0.4) is 0 Å². The summed E-state index contributed by atoms with van der Waals surface area (Å²) in [7, 11) is -4.03. The standard InChI is InChI=1S/C17H13N3O4S2/c18-9-10-25-14-7-3-2-6-13(14)19-16(21)11-20-17(22)12-5-1-4-8-15(12)26(20,23)24/h1-8H,10-11H2,(H,19,21). The van der Waals surface area contributed by atoms with E-state index in [1.54, 1.807) is 30.3 Å². The smallest absolute Gasteiger partial charge is 0.269 e. The molecule has 132 valence electrons. The van der Waals surface area contributed by atoms with Crippen molar-refractivity contribution in [1.82, 2.24) is 4.31 Å². The minimum atomic E-state index is -4.03. The molecule has 7 nitrogen and oxygen atoms in total. The first-order valence-corrected chi connectivity index (χ1v) is 9.92. The Balaban J connectivity index is 1.78. The summed E-state index contributed by atoms with van der Waals surface area (Å²) < 4.78 is 25.5. The molecule has 2 amide bonds. The van der Waals surface area contributed by atoms with Gasteiger partial charge in [-0.1, -0.05) is 24.3 Å². The number of nitrogens with one attached hydrogen (secondary N) is 1. The van der Waals surface area contributed by atoms with Crippen LogP contribution in [0.1, 0.15) is 10.4 Å². The lowest BCUT2D eigenvalue weighted by Gasteiger charge is -2.15. The van der Waals surface area contributed by atoms with E-state index in [4.69, 9.17) is 5.26 Å². The Labute approximate surface area is 154 Å². The molecule has 0 saturated heterocycles. The van der Waals surface area contributed by atoms with Crippen LogP contribution in [0.25, 0.3) is 0 Å². The second-order valence-corrected chi connectivity index (χ2v) is 8.15. The molecule has 1 N–H and O–H groups in total. The van der Waals surface area contributed by atoms with Crippen molar-refractivity contribution in [2.45, 2.75) is 9.79 Å². The summed E-state index contributed by atoms with van der Waals surface area (Å²) in [6.07, 6.45) is 0. The fourth-order valence-corrected chi connectivity index (χ4v) is 4.71. The van der Waals surface area contributed by atoms with Crippen molar-refractivity contribution in [3.05, 3.63) is 54.1 Å². The van der Waals surface area contributed by atoms with Gasteiger partial charge in [-0.2, -0.15) is 5.26 Å². The Morgan fingerprint density at radius 2 is 1.85 bits per heavy atom. The summed E-state index contributed by atoms with van der Waals surface area (Å²) in [5.41, 5.74) is 0.518. The van der Waals surface area contributed by atoms with Crippen LogP contribution in [0.15, 0.2) is 58.3 Å². The Kier molecular flexibility index (Phi) is 4.97. The normalized spacial score (nSPS) is 14.6. The number of hydrogen-bond acceptors (Lipinski definition) is 6. The molecule has 0 atom stereocenters. The molecule has 3 rings (SSSR count). The zero-order valence-corrected chi connectivity index (χ0v) is 15.0. The van der Waals surface area contributed by atoms with Gasteiger partial charge < -0.3 is 5.32 Å². The lowest BCUT2D eigenvalue weighted by molar-refractivity contribution is -0.116. The molecule has 1 aliphatic heterocycles. The summed E-state index contributed by atoms with van der Waals surface area (Å²) in [5, 5.41) is 11.3. The topological polar surface area (TPSA) is 107 Å². The Morgan fingerprint density at radius 1 is 1.15 bits per heavy atom. The molecule has 0 saturated carbocycles. The van der Waals surface area contributed by atoms with Crippen molar-refractivity contribution >= 4 is 39.3 Å². The predicted molar refractivity (Wildman–Crippen MR) is 96.1 cm³/mol. The third-order valence-electron chi connectivity index (χ3n) is 3.65. The first-order chi connectivity index (χ1) is 12.4. The molecular formula is C17H13N3O4S2. The Hall–Kier alpha value is -2.83. The monoisotopic (exact) mass is 387 g/mol. The first kappa shape index (κ1) is 18.0. The summed E-state index contributed by atoms with van der Waals surface area (Å²) in [4.78, 5) is 25.3. The molecule has 1 heterocycles. The van der Waals surface area contributed by atoms with Crippen molar-refractivity contribution in [3.63, 3.8) is 0 Å². The first-order valence-electron chi connectivity index (χ1n) is 7.50. The van der Waals surface area contributed by atoms with Crippen molar-refractivity contribution in [2.75, 3.05) is 17.6 Å². The van der Waals surface area contributed by atoms with Gasteiger partial charge in [-0.25, -0.2) is 12.7 Å². The highest BCUT2D eigenvalue weighted by Crippen LogP contribution is 2.30. The molecule has 1 aliphatic rings. The van der Waals surface area contributed by atoms with Gasteiger partial charge >= 0.3 is 0 Å². The van der Waals surface area contributed by atoms with E-state index in [0.717, 1.165) is 0 Å². The van der Waals surface area contributed by atoms with E-state index in [-0.39, 0.29) is 16.2 Å². The molecule has 0 radical (unpaired) electrons. The van der Waals surface area contributed by atoms with Crippen molar-refractivity contribution in [2.24, 2.45) is 0 Å². The van der Waals surface area contributed by atoms with Crippen LogP contribution < -0.4 is 5.32 Å². The van der Waals surface area contributed by atoms with Gasteiger partial charge in [0.25, 0.3) is 15.9 Å². The quantitative estimate of drug-likeness (QED) is 0.787. The number of para-hydroxylation sites is 1. The maximum atomic E-state index is 12.5. The second kappa shape index (κ2) is 7.19. The van der Waals surface area contributed by atoms with Gasteiger partial charge in [0.1, 0.15) is 11.4 Å². The molecule has 0 fully saturated rings. The molecule has 2 aromatic rings. The molecular weight excluding hydrogens is 374 g/mol. The van der Waals surface area contributed by atoms with E-state index in [2.05, 4.69) is 5.32 Å².